The number of hydrogen-bond acceptors (Lipinski definition) is 3. The van der Waals surface area contributed by atoms with E-state index in [4.69, 9.17) is 0 Å². The van der Waals surface area contributed by atoms with Crippen molar-refractivity contribution in [3.63, 3.8) is 0 Å². The maximum atomic E-state index is 12.9. The predicted molar refractivity (Wildman–Crippen MR) is 61.5 cm³/mol. The van der Waals surface area contributed by atoms with E-state index < -0.39 is 0 Å². The molecule has 1 aromatic carbocycles. The largest absolute Gasteiger partial charge is 0.307 e. The molecule has 1 aromatic heterocycles. The van der Waals surface area contributed by atoms with Crippen molar-refractivity contribution in [3.05, 3.63) is 41.7 Å². The van der Waals surface area contributed by atoms with Crippen molar-refractivity contribution in [2.45, 2.75) is 6.54 Å². The molecule has 0 saturated heterocycles. The maximum absolute atomic E-state index is 12.9. The first-order valence-electron chi connectivity index (χ1n) is 4.66. The van der Waals surface area contributed by atoms with E-state index in [9.17, 15) is 4.39 Å². The third kappa shape index (κ3) is 2.40. The van der Waals surface area contributed by atoms with Crippen molar-refractivity contribution in [2.24, 2.45) is 0 Å². The van der Waals surface area contributed by atoms with Crippen LogP contribution in [-0.4, -0.2) is 11.5 Å². The van der Waals surface area contributed by atoms with Crippen molar-refractivity contribution in [2.75, 3.05) is 6.54 Å². The minimum Gasteiger partial charge on any atom is -0.307 e. The molecule has 1 N–H and O–H groups in total. The normalized spacial score (nSPS) is 10.7. The van der Waals surface area contributed by atoms with E-state index in [0.717, 1.165) is 21.8 Å². The van der Waals surface area contributed by atoms with Gasteiger partial charge in [0.15, 0.2) is 0 Å². The van der Waals surface area contributed by atoms with Crippen LogP contribution in [0.3, 0.4) is 0 Å². The smallest absolute Gasteiger partial charge is 0.125 e. The number of halogens is 1. The van der Waals surface area contributed by atoms with Crippen LogP contribution in [0.4, 0.5) is 4.39 Å². The Morgan fingerprint density at radius 2 is 2.40 bits per heavy atom. The summed E-state index contributed by atoms with van der Waals surface area (Å²) in [5, 5.41) is 4.13. The molecular formula is C11H11FN2S. The zero-order valence-corrected chi connectivity index (χ0v) is 8.98. The van der Waals surface area contributed by atoms with Crippen LogP contribution >= 0.6 is 11.3 Å². The molecule has 0 bridgehead atoms. The molecule has 78 valence electrons. The molecule has 2 rings (SSSR count). The average Bonchev–Trinajstić information content (AvgIpc) is 2.60. The van der Waals surface area contributed by atoms with Crippen molar-refractivity contribution >= 4 is 21.6 Å². The third-order valence-corrected chi connectivity index (χ3v) is 3.00. The first-order chi connectivity index (χ1) is 7.29. The van der Waals surface area contributed by atoms with Gasteiger partial charge >= 0.3 is 0 Å². The number of benzene rings is 1. The number of rotatable bonds is 4. The molecule has 0 amide bonds. The summed E-state index contributed by atoms with van der Waals surface area (Å²) in [6, 6.07) is 4.68. The minimum absolute atomic E-state index is 0.238. The number of fused-ring (bicyclic) bond motifs is 1. The Morgan fingerprint density at radius 3 is 3.20 bits per heavy atom. The lowest BCUT2D eigenvalue weighted by Crippen LogP contribution is -2.12. The van der Waals surface area contributed by atoms with Crippen molar-refractivity contribution in [3.8, 4) is 0 Å². The quantitative estimate of drug-likeness (QED) is 0.635. The molecule has 0 radical (unpaired) electrons. The van der Waals surface area contributed by atoms with Crippen molar-refractivity contribution in [1.29, 1.82) is 0 Å². The summed E-state index contributed by atoms with van der Waals surface area (Å²) in [5.74, 6) is -0.238. The van der Waals surface area contributed by atoms with Gasteiger partial charge in [0.25, 0.3) is 0 Å². The van der Waals surface area contributed by atoms with Crippen LogP contribution in [0.15, 0.2) is 30.9 Å². The Morgan fingerprint density at radius 1 is 1.53 bits per heavy atom. The minimum atomic E-state index is -0.238. The first kappa shape index (κ1) is 10.3. The van der Waals surface area contributed by atoms with Gasteiger partial charge in [-0.1, -0.05) is 6.08 Å². The zero-order chi connectivity index (χ0) is 10.7. The summed E-state index contributed by atoms with van der Waals surface area (Å²) in [4.78, 5) is 4.33. The molecule has 0 aliphatic rings. The van der Waals surface area contributed by atoms with Gasteiger partial charge in [0, 0.05) is 19.2 Å². The molecule has 0 fully saturated rings. The Labute approximate surface area is 91.5 Å². The number of thiazole rings is 1. The summed E-state index contributed by atoms with van der Waals surface area (Å²) < 4.78 is 13.9. The van der Waals surface area contributed by atoms with E-state index in [2.05, 4.69) is 16.9 Å². The second kappa shape index (κ2) is 4.51. The average molecular weight is 222 g/mol. The van der Waals surface area contributed by atoms with Gasteiger partial charge < -0.3 is 5.32 Å². The highest BCUT2D eigenvalue weighted by Crippen LogP contribution is 2.22. The molecule has 2 aromatic rings. The SMILES string of the molecule is C=CCNCc1nc2cc(F)ccc2s1. The lowest BCUT2D eigenvalue weighted by Gasteiger charge is -1.94. The predicted octanol–water partition coefficient (Wildman–Crippen LogP) is 2.71. The molecule has 0 atom stereocenters. The fourth-order valence-electron chi connectivity index (χ4n) is 1.31. The van der Waals surface area contributed by atoms with Gasteiger partial charge in [-0.3, -0.25) is 0 Å². The van der Waals surface area contributed by atoms with E-state index >= 15 is 0 Å². The monoisotopic (exact) mass is 222 g/mol. The topological polar surface area (TPSA) is 24.9 Å². The number of hydrogen-bond donors (Lipinski definition) is 1. The highest BCUT2D eigenvalue weighted by atomic mass is 32.1. The lowest BCUT2D eigenvalue weighted by atomic mass is 10.3. The van der Waals surface area contributed by atoms with Gasteiger partial charge in [0.1, 0.15) is 10.8 Å². The van der Waals surface area contributed by atoms with E-state index in [1.54, 1.807) is 23.5 Å². The van der Waals surface area contributed by atoms with Crippen LogP contribution in [0.2, 0.25) is 0 Å². The Balaban J connectivity index is 2.19. The Hall–Kier alpha value is -1.26. The standard InChI is InChI=1S/C11H11FN2S/c1-2-5-13-7-11-14-9-6-8(12)3-4-10(9)15-11/h2-4,6,13H,1,5,7H2. The first-order valence-corrected chi connectivity index (χ1v) is 5.48. The van der Waals surface area contributed by atoms with Crippen LogP contribution in [-0.2, 0) is 6.54 Å². The summed E-state index contributed by atoms with van der Waals surface area (Å²) >= 11 is 1.58. The van der Waals surface area contributed by atoms with Crippen molar-refractivity contribution in [1.82, 2.24) is 10.3 Å². The van der Waals surface area contributed by atoms with Crippen molar-refractivity contribution < 1.29 is 4.39 Å². The molecule has 2 nitrogen and oxygen atoms in total. The van der Waals surface area contributed by atoms with Gasteiger partial charge in [0.05, 0.1) is 10.2 Å². The molecule has 4 heteroatoms. The van der Waals surface area contributed by atoms with E-state index in [0.29, 0.717) is 6.54 Å². The van der Waals surface area contributed by atoms with Crippen LogP contribution in [0.25, 0.3) is 10.2 Å². The molecular weight excluding hydrogens is 211 g/mol. The number of nitrogens with one attached hydrogen (secondary N) is 1. The fraction of sp³-hybridized carbons (Fsp3) is 0.182. The van der Waals surface area contributed by atoms with Crippen LogP contribution < -0.4 is 5.32 Å². The van der Waals surface area contributed by atoms with Crippen LogP contribution in [0.5, 0.6) is 0 Å². The van der Waals surface area contributed by atoms with Gasteiger partial charge in [-0.15, -0.1) is 17.9 Å². The second-order valence-electron chi connectivity index (χ2n) is 3.14. The van der Waals surface area contributed by atoms with Gasteiger partial charge in [0.2, 0.25) is 0 Å². The van der Waals surface area contributed by atoms with Gasteiger partial charge in [-0.2, -0.15) is 0 Å². The summed E-state index contributed by atoms with van der Waals surface area (Å²) in [6.07, 6.45) is 1.80. The van der Waals surface area contributed by atoms with E-state index in [-0.39, 0.29) is 5.82 Å². The van der Waals surface area contributed by atoms with E-state index in [1.165, 1.54) is 12.1 Å². The Kier molecular flexibility index (Phi) is 3.08. The summed E-state index contributed by atoms with van der Waals surface area (Å²) in [7, 11) is 0. The van der Waals surface area contributed by atoms with Crippen LogP contribution in [0, 0.1) is 5.82 Å². The van der Waals surface area contributed by atoms with Gasteiger partial charge in [-0.05, 0) is 12.1 Å². The second-order valence-corrected chi connectivity index (χ2v) is 4.25. The number of nitrogens with zero attached hydrogens (tertiary/aromatic N) is 1. The molecule has 1 heterocycles. The highest BCUT2D eigenvalue weighted by Gasteiger charge is 2.03. The molecule has 0 saturated carbocycles. The molecule has 0 aliphatic heterocycles. The number of aromatic nitrogens is 1. The van der Waals surface area contributed by atoms with Crippen LogP contribution in [0.1, 0.15) is 5.01 Å². The Bertz CT molecular complexity index is 478. The van der Waals surface area contributed by atoms with Gasteiger partial charge in [-0.25, -0.2) is 9.37 Å². The lowest BCUT2D eigenvalue weighted by molar-refractivity contribution is 0.629. The molecule has 0 spiro atoms. The third-order valence-electron chi connectivity index (χ3n) is 1.96. The summed E-state index contributed by atoms with van der Waals surface area (Å²) in [6.45, 7) is 5.07. The zero-order valence-electron chi connectivity index (χ0n) is 8.16. The molecule has 15 heavy (non-hydrogen) atoms. The maximum Gasteiger partial charge on any atom is 0.125 e. The summed E-state index contributed by atoms with van der Waals surface area (Å²) in [5.41, 5.74) is 0.732. The highest BCUT2D eigenvalue weighted by molar-refractivity contribution is 7.18. The fourth-order valence-corrected chi connectivity index (χ4v) is 2.22. The molecule has 0 aliphatic carbocycles. The van der Waals surface area contributed by atoms with E-state index in [1.807, 2.05) is 0 Å². The molecule has 0 unspecified atom stereocenters.